The molecule has 1 aromatic carbocycles. The third kappa shape index (κ3) is 4.16. The number of rotatable bonds is 3. The number of carbonyl (C=O) groups is 2. The highest BCUT2D eigenvalue weighted by atomic mass is 16.4. The maximum Gasteiger partial charge on any atom is 0.417 e. The molecule has 20 heavy (non-hydrogen) atoms. The highest BCUT2D eigenvalue weighted by molar-refractivity contribution is 5.85. The van der Waals surface area contributed by atoms with Crippen molar-refractivity contribution in [3.8, 4) is 0 Å². The van der Waals surface area contributed by atoms with Gasteiger partial charge in [0.1, 0.15) is 0 Å². The summed E-state index contributed by atoms with van der Waals surface area (Å²) in [6.07, 6.45) is -3.06. The van der Waals surface area contributed by atoms with E-state index in [0.29, 0.717) is 11.3 Å². The molecule has 1 aromatic rings. The van der Waals surface area contributed by atoms with Crippen molar-refractivity contribution in [2.45, 2.75) is 6.54 Å². The predicted octanol–water partition coefficient (Wildman–Crippen LogP) is 1.35. The van der Waals surface area contributed by atoms with Gasteiger partial charge in [0.2, 0.25) is 0 Å². The number of carboxylic acid groups (broad SMARTS) is 2. The molecular weight excluding hydrogens is 264 g/mol. The number of benzene rings is 1. The Hall–Kier alpha value is -2.77. The van der Waals surface area contributed by atoms with Crippen molar-refractivity contribution in [1.82, 2.24) is 9.80 Å². The number of imide groups is 1. The van der Waals surface area contributed by atoms with Gasteiger partial charge in [0.15, 0.2) is 5.96 Å². The molecule has 0 radical (unpaired) electrons. The Morgan fingerprint density at radius 2 is 1.85 bits per heavy atom. The van der Waals surface area contributed by atoms with Crippen molar-refractivity contribution in [2.24, 2.45) is 10.7 Å². The van der Waals surface area contributed by atoms with Crippen LogP contribution in [0.1, 0.15) is 5.56 Å². The van der Waals surface area contributed by atoms with E-state index < -0.39 is 12.2 Å². The molecule has 8 heteroatoms. The van der Waals surface area contributed by atoms with Gasteiger partial charge in [-0.2, -0.15) is 0 Å². The van der Waals surface area contributed by atoms with Gasteiger partial charge < -0.3 is 20.8 Å². The summed E-state index contributed by atoms with van der Waals surface area (Å²) in [7, 11) is 3.47. The van der Waals surface area contributed by atoms with Crippen molar-refractivity contribution in [1.29, 1.82) is 0 Å². The Morgan fingerprint density at radius 1 is 1.25 bits per heavy atom. The van der Waals surface area contributed by atoms with Crippen LogP contribution in [0, 0.1) is 0 Å². The van der Waals surface area contributed by atoms with Crippen LogP contribution < -0.4 is 5.73 Å². The average molecular weight is 280 g/mol. The molecule has 0 saturated carbocycles. The molecule has 0 aliphatic heterocycles. The molecule has 4 N–H and O–H groups in total. The zero-order valence-corrected chi connectivity index (χ0v) is 11.1. The normalized spacial score (nSPS) is 11.0. The first-order valence-corrected chi connectivity index (χ1v) is 5.65. The van der Waals surface area contributed by atoms with E-state index in [1.165, 1.54) is 0 Å². The van der Waals surface area contributed by atoms with E-state index in [9.17, 15) is 9.59 Å². The third-order valence-corrected chi connectivity index (χ3v) is 2.41. The van der Waals surface area contributed by atoms with E-state index >= 15 is 0 Å². The van der Waals surface area contributed by atoms with E-state index in [-0.39, 0.29) is 17.4 Å². The quantitative estimate of drug-likeness (QED) is 0.568. The first-order valence-electron chi connectivity index (χ1n) is 5.65. The van der Waals surface area contributed by atoms with Gasteiger partial charge in [-0.15, -0.1) is 0 Å². The van der Waals surface area contributed by atoms with Crippen molar-refractivity contribution < 1.29 is 19.8 Å². The Bertz CT molecular complexity index is 528. The van der Waals surface area contributed by atoms with Crippen LogP contribution in [0.3, 0.4) is 0 Å². The van der Waals surface area contributed by atoms with Crippen molar-refractivity contribution in [3.63, 3.8) is 0 Å². The summed E-state index contributed by atoms with van der Waals surface area (Å²) >= 11 is 0. The van der Waals surface area contributed by atoms with Crippen LogP contribution in [0.2, 0.25) is 0 Å². The van der Waals surface area contributed by atoms with Crippen LogP contribution in [-0.4, -0.2) is 52.3 Å². The largest absolute Gasteiger partial charge is 0.465 e. The van der Waals surface area contributed by atoms with Crippen molar-refractivity contribution >= 4 is 23.8 Å². The second-order valence-corrected chi connectivity index (χ2v) is 4.19. The maximum absolute atomic E-state index is 10.8. The minimum Gasteiger partial charge on any atom is -0.465 e. The van der Waals surface area contributed by atoms with E-state index in [1.807, 2.05) is 0 Å². The van der Waals surface area contributed by atoms with Crippen LogP contribution in [0.5, 0.6) is 0 Å². The molecule has 0 aromatic heterocycles. The fraction of sp³-hybridized carbons (Fsp3) is 0.250. The summed E-state index contributed by atoms with van der Waals surface area (Å²) in [6, 6.07) is 6.53. The predicted molar refractivity (Wildman–Crippen MR) is 73.0 cm³/mol. The zero-order valence-electron chi connectivity index (χ0n) is 11.1. The van der Waals surface area contributed by atoms with E-state index in [1.54, 1.807) is 43.3 Å². The molecule has 1 rings (SSSR count). The molecule has 2 amide bonds. The van der Waals surface area contributed by atoms with Gasteiger partial charge in [0.25, 0.3) is 0 Å². The number of hydrogen-bond acceptors (Lipinski definition) is 3. The highest BCUT2D eigenvalue weighted by Crippen LogP contribution is 2.16. The van der Waals surface area contributed by atoms with Gasteiger partial charge in [0.05, 0.1) is 12.2 Å². The standard InChI is InChI=1S/C12H16N4O4/c1-15(2)10(13)14-9-5-3-4-8(6-9)7-16(11(17)18)12(19)20/h3-6H,7H2,1-2H3,(H2,13,14)(H,17,18)(H,19,20). The van der Waals surface area contributed by atoms with Crippen LogP contribution in [0.15, 0.2) is 29.3 Å². The van der Waals surface area contributed by atoms with Crippen molar-refractivity contribution in [2.75, 3.05) is 14.1 Å². The summed E-state index contributed by atoms with van der Waals surface area (Å²) in [6.45, 7) is -0.268. The summed E-state index contributed by atoms with van der Waals surface area (Å²) in [5, 5.41) is 17.6. The number of amides is 2. The van der Waals surface area contributed by atoms with Gasteiger partial charge >= 0.3 is 12.2 Å². The minimum atomic E-state index is -1.53. The SMILES string of the molecule is CN(C)C(N)=Nc1cccc(CN(C(=O)O)C(=O)O)c1. The van der Waals surface area contributed by atoms with Gasteiger partial charge in [-0.05, 0) is 17.7 Å². The Balaban J connectivity index is 2.96. The Labute approximate surface area is 115 Å². The third-order valence-electron chi connectivity index (χ3n) is 2.41. The van der Waals surface area contributed by atoms with E-state index in [0.717, 1.165) is 0 Å². The van der Waals surface area contributed by atoms with E-state index in [2.05, 4.69) is 4.99 Å². The average Bonchev–Trinajstić information content (AvgIpc) is 2.35. The maximum atomic E-state index is 10.8. The molecule has 0 saturated heterocycles. The monoisotopic (exact) mass is 280 g/mol. The zero-order chi connectivity index (χ0) is 15.3. The van der Waals surface area contributed by atoms with Gasteiger partial charge in [-0.1, -0.05) is 12.1 Å². The molecule has 0 aliphatic carbocycles. The van der Waals surface area contributed by atoms with Crippen molar-refractivity contribution in [3.05, 3.63) is 29.8 Å². The minimum absolute atomic E-state index is 0.268. The number of nitrogens with two attached hydrogens (primary N) is 1. The number of guanidine groups is 1. The highest BCUT2D eigenvalue weighted by Gasteiger charge is 2.19. The molecule has 0 bridgehead atoms. The molecule has 8 nitrogen and oxygen atoms in total. The van der Waals surface area contributed by atoms with Crippen LogP contribution in [0.4, 0.5) is 15.3 Å². The lowest BCUT2D eigenvalue weighted by Crippen LogP contribution is -2.33. The molecular formula is C12H16N4O4. The Kier molecular flexibility index (Phi) is 4.90. The second-order valence-electron chi connectivity index (χ2n) is 4.19. The fourth-order valence-electron chi connectivity index (χ4n) is 1.36. The van der Waals surface area contributed by atoms with Gasteiger partial charge in [-0.3, -0.25) is 0 Å². The first kappa shape index (κ1) is 15.3. The molecule has 0 heterocycles. The lowest BCUT2D eigenvalue weighted by atomic mass is 10.2. The van der Waals surface area contributed by atoms with Gasteiger partial charge in [-0.25, -0.2) is 19.5 Å². The summed E-state index contributed by atoms with van der Waals surface area (Å²) in [5.41, 5.74) is 6.69. The van der Waals surface area contributed by atoms with Crippen LogP contribution in [-0.2, 0) is 6.54 Å². The molecule has 0 fully saturated rings. The smallest absolute Gasteiger partial charge is 0.417 e. The molecule has 0 atom stereocenters. The lowest BCUT2D eigenvalue weighted by Gasteiger charge is -2.14. The van der Waals surface area contributed by atoms with Gasteiger partial charge in [0, 0.05) is 14.1 Å². The Morgan fingerprint density at radius 3 is 2.35 bits per heavy atom. The number of aliphatic imine (C=N–C) groups is 1. The lowest BCUT2D eigenvalue weighted by molar-refractivity contribution is 0.120. The molecule has 0 unspecified atom stereocenters. The first-order chi connectivity index (χ1) is 9.31. The summed E-state index contributed by atoms with van der Waals surface area (Å²) < 4.78 is 0. The molecule has 0 spiro atoms. The fourth-order valence-corrected chi connectivity index (χ4v) is 1.36. The van der Waals surface area contributed by atoms with Crippen LogP contribution >= 0.6 is 0 Å². The number of hydrogen-bond donors (Lipinski definition) is 3. The molecule has 0 aliphatic rings. The topological polar surface area (TPSA) is 119 Å². The molecule has 108 valence electrons. The summed E-state index contributed by atoms with van der Waals surface area (Å²) in [4.78, 5) is 27.6. The van der Waals surface area contributed by atoms with Crippen LogP contribution in [0.25, 0.3) is 0 Å². The van der Waals surface area contributed by atoms with E-state index in [4.69, 9.17) is 15.9 Å². The summed E-state index contributed by atoms with van der Waals surface area (Å²) in [5.74, 6) is 0.287. The number of nitrogens with zero attached hydrogens (tertiary/aromatic N) is 3. The second kappa shape index (κ2) is 6.41.